The lowest BCUT2D eigenvalue weighted by Gasteiger charge is -2.38. The van der Waals surface area contributed by atoms with E-state index in [1.165, 1.54) is 17.7 Å². The number of fused-ring (bicyclic) bond motifs is 1. The van der Waals surface area contributed by atoms with Crippen LogP contribution in [-0.2, 0) is 16.1 Å². The van der Waals surface area contributed by atoms with Gasteiger partial charge in [0, 0.05) is 56.1 Å². The summed E-state index contributed by atoms with van der Waals surface area (Å²) in [7, 11) is 1.47. The molecule has 4 rings (SSSR count). The molecule has 3 aromatic rings. The van der Waals surface area contributed by atoms with Crippen LogP contribution in [0.1, 0.15) is 46.6 Å². The second kappa shape index (κ2) is 14.9. The van der Waals surface area contributed by atoms with Gasteiger partial charge >= 0.3 is 6.09 Å². The van der Waals surface area contributed by atoms with Gasteiger partial charge in [-0.2, -0.15) is 5.26 Å². The molecule has 1 fully saturated rings. The number of likely N-dealkylation sites (N-methyl/N-ethyl adjacent to an activating group) is 1. The predicted molar refractivity (Wildman–Crippen MR) is 179 cm³/mol. The lowest BCUT2D eigenvalue weighted by molar-refractivity contribution is -0.122. The van der Waals surface area contributed by atoms with Crippen LogP contribution in [0, 0.1) is 23.2 Å². The smallest absolute Gasteiger partial charge is 0.407 e. The van der Waals surface area contributed by atoms with Gasteiger partial charge < -0.3 is 34.9 Å². The Labute approximate surface area is 278 Å². The number of alkyl carbamates (subject to hydrolysis) is 1. The van der Waals surface area contributed by atoms with Crippen molar-refractivity contribution in [1.82, 2.24) is 20.2 Å². The average Bonchev–Trinajstić information content (AvgIpc) is 3.01. The van der Waals surface area contributed by atoms with Crippen molar-refractivity contribution in [2.45, 2.75) is 59.4 Å². The number of benzene rings is 1. The number of carbonyl (C=O) groups excluding carboxylic acids is 2. The van der Waals surface area contributed by atoms with Gasteiger partial charge in [0.2, 0.25) is 0 Å². The Morgan fingerprint density at radius 2 is 1.87 bits per heavy atom. The van der Waals surface area contributed by atoms with Crippen LogP contribution in [0.2, 0.25) is 5.02 Å². The first-order chi connectivity index (χ1) is 22.2. The molecule has 3 heterocycles. The Balaban J connectivity index is 1.64. The van der Waals surface area contributed by atoms with E-state index in [9.17, 15) is 24.0 Å². The minimum absolute atomic E-state index is 0.0188. The van der Waals surface area contributed by atoms with Crippen LogP contribution >= 0.6 is 11.6 Å². The van der Waals surface area contributed by atoms with E-state index in [-0.39, 0.29) is 42.3 Å². The standard InChI is InChI=1S/C33H41ClFN7O5/c1-19-16-41(17-20(2)28(19)35)30-22(15-36)13-24(34)29(40-30)39-23-8-9-25-21(12-23)14-26(46-18-27(43)37-6)31(44)42(25)11-7-10-38-32(45)47-33(3,4)5/h8-9,12-14,19-20,28H,7,10-11,16-18H2,1-6H3,(H,37,43)(H,38,45)(H,39,40)/t19-,20+,28?. The highest BCUT2D eigenvalue weighted by Gasteiger charge is 2.33. The molecule has 0 spiro atoms. The van der Waals surface area contributed by atoms with Gasteiger partial charge in [0.1, 0.15) is 23.7 Å². The Hall–Kier alpha value is -4.57. The lowest BCUT2D eigenvalue weighted by atomic mass is 9.89. The fraction of sp³-hybridized carbons (Fsp3) is 0.485. The lowest BCUT2D eigenvalue weighted by Crippen LogP contribution is -2.46. The van der Waals surface area contributed by atoms with Crippen LogP contribution in [0.4, 0.5) is 26.5 Å². The monoisotopic (exact) mass is 669 g/mol. The molecule has 1 aliphatic rings. The molecular formula is C33H41ClFN7O5. The number of aryl methyl sites for hydroxylation is 1. The predicted octanol–water partition coefficient (Wildman–Crippen LogP) is 5.14. The van der Waals surface area contributed by atoms with Gasteiger partial charge in [0.15, 0.2) is 18.2 Å². The zero-order valence-electron chi connectivity index (χ0n) is 27.4. The third-order valence-electron chi connectivity index (χ3n) is 7.67. The number of hydrogen-bond acceptors (Lipinski definition) is 9. The molecule has 47 heavy (non-hydrogen) atoms. The molecule has 1 saturated heterocycles. The summed E-state index contributed by atoms with van der Waals surface area (Å²) in [5, 5.41) is 19.0. The number of pyridine rings is 2. The number of nitrogens with one attached hydrogen (secondary N) is 3. The molecule has 2 aromatic heterocycles. The van der Waals surface area contributed by atoms with Crippen LogP contribution in [0.5, 0.6) is 5.75 Å². The molecule has 12 nitrogen and oxygen atoms in total. The highest BCUT2D eigenvalue weighted by atomic mass is 35.5. The number of anilines is 3. The number of ether oxygens (including phenoxy) is 2. The Morgan fingerprint density at radius 3 is 2.51 bits per heavy atom. The maximum Gasteiger partial charge on any atom is 0.407 e. The summed E-state index contributed by atoms with van der Waals surface area (Å²) in [6.07, 6.45) is -1.08. The summed E-state index contributed by atoms with van der Waals surface area (Å²) in [6.45, 7) is 9.97. The molecular weight excluding hydrogens is 629 g/mol. The van der Waals surface area contributed by atoms with Crippen molar-refractivity contribution in [2.24, 2.45) is 11.8 Å². The summed E-state index contributed by atoms with van der Waals surface area (Å²) in [6, 6.07) is 10.6. The molecule has 1 unspecified atom stereocenters. The molecule has 0 radical (unpaired) electrons. The summed E-state index contributed by atoms with van der Waals surface area (Å²) in [4.78, 5) is 44.0. The average molecular weight is 670 g/mol. The van der Waals surface area contributed by atoms with Crippen molar-refractivity contribution < 1.29 is 23.5 Å². The van der Waals surface area contributed by atoms with Crippen LogP contribution < -0.4 is 31.1 Å². The van der Waals surface area contributed by atoms with E-state index in [0.29, 0.717) is 53.3 Å². The van der Waals surface area contributed by atoms with Crippen molar-refractivity contribution in [2.75, 3.05) is 43.5 Å². The second-order valence-corrected chi connectivity index (χ2v) is 13.1. The van der Waals surface area contributed by atoms with Gasteiger partial charge in [-0.3, -0.25) is 9.59 Å². The van der Waals surface area contributed by atoms with Crippen molar-refractivity contribution in [3.63, 3.8) is 0 Å². The van der Waals surface area contributed by atoms with Crippen LogP contribution in [-0.4, -0.2) is 66.6 Å². The van der Waals surface area contributed by atoms with Gasteiger partial charge in [-0.1, -0.05) is 25.4 Å². The molecule has 3 atom stereocenters. The maximum absolute atomic E-state index is 14.5. The largest absolute Gasteiger partial charge is 0.478 e. The molecule has 0 saturated carbocycles. The van der Waals surface area contributed by atoms with E-state index in [1.54, 1.807) is 45.0 Å². The van der Waals surface area contributed by atoms with Gasteiger partial charge in [0.25, 0.3) is 11.5 Å². The normalized spacial score (nSPS) is 17.9. The zero-order valence-corrected chi connectivity index (χ0v) is 28.2. The van der Waals surface area contributed by atoms with Gasteiger partial charge in [-0.05, 0) is 57.5 Å². The number of alkyl halides is 1. The molecule has 1 aromatic carbocycles. The third-order valence-corrected chi connectivity index (χ3v) is 7.96. The maximum atomic E-state index is 14.5. The number of carbonyl (C=O) groups is 2. The fourth-order valence-corrected chi connectivity index (χ4v) is 5.65. The zero-order chi connectivity index (χ0) is 34.5. The molecule has 252 valence electrons. The van der Waals surface area contributed by atoms with Gasteiger partial charge in [-0.25, -0.2) is 14.2 Å². The van der Waals surface area contributed by atoms with Crippen LogP contribution in [0.25, 0.3) is 10.9 Å². The number of rotatable bonds is 10. The number of piperidine rings is 1. The van der Waals surface area contributed by atoms with E-state index in [1.807, 2.05) is 18.7 Å². The van der Waals surface area contributed by atoms with Crippen LogP contribution in [0.3, 0.4) is 0 Å². The van der Waals surface area contributed by atoms with Crippen LogP contribution in [0.15, 0.2) is 35.1 Å². The minimum atomic E-state index is -0.942. The molecule has 1 aliphatic heterocycles. The number of halogens is 2. The molecule has 0 bridgehead atoms. The van der Waals surface area contributed by atoms with E-state index in [0.717, 1.165) is 0 Å². The summed E-state index contributed by atoms with van der Waals surface area (Å²) in [5.41, 5.74) is 0.407. The SMILES string of the molecule is CNC(=O)COc1cc2cc(Nc3nc(N4C[C@@H](C)C(F)[C@@H](C)C4)c(C#N)cc3Cl)ccc2n(CCCNC(=O)OC(C)(C)C)c1=O. The van der Waals surface area contributed by atoms with E-state index in [2.05, 4.69) is 22.0 Å². The van der Waals surface area contributed by atoms with Crippen molar-refractivity contribution in [3.05, 3.63) is 51.3 Å². The number of nitriles is 1. The number of amides is 2. The van der Waals surface area contributed by atoms with Gasteiger partial charge in [0.05, 0.1) is 16.1 Å². The Morgan fingerprint density at radius 1 is 1.17 bits per heavy atom. The topological polar surface area (TPSA) is 151 Å². The molecule has 14 heteroatoms. The quantitative estimate of drug-likeness (QED) is 0.250. The fourth-order valence-electron chi connectivity index (χ4n) is 5.45. The van der Waals surface area contributed by atoms with Crippen molar-refractivity contribution in [1.29, 1.82) is 5.26 Å². The van der Waals surface area contributed by atoms with Crippen molar-refractivity contribution >= 4 is 51.8 Å². The summed E-state index contributed by atoms with van der Waals surface area (Å²) in [5.74, 6) is -0.153. The number of nitrogens with zero attached hydrogens (tertiary/aromatic N) is 4. The molecule has 3 N–H and O–H groups in total. The third kappa shape index (κ3) is 8.83. The minimum Gasteiger partial charge on any atom is -0.478 e. The molecule has 0 aliphatic carbocycles. The van der Waals surface area contributed by atoms with E-state index >= 15 is 0 Å². The number of aromatic nitrogens is 2. The Bertz CT molecular complexity index is 1720. The summed E-state index contributed by atoms with van der Waals surface area (Å²) < 4.78 is 26.9. The molecule has 2 amide bonds. The van der Waals surface area contributed by atoms with E-state index < -0.39 is 29.3 Å². The highest BCUT2D eigenvalue weighted by Crippen LogP contribution is 2.34. The first-order valence-corrected chi connectivity index (χ1v) is 15.8. The Kier molecular flexibility index (Phi) is 11.2. The first-order valence-electron chi connectivity index (χ1n) is 15.4. The summed E-state index contributed by atoms with van der Waals surface area (Å²) >= 11 is 6.56. The van der Waals surface area contributed by atoms with E-state index in [4.69, 9.17) is 26.1 Å². The van der Waals surface area contributed by atoms with Gasteiger partial charge in [-0.15, -0.1) is 0 Å². The highest BCUT2D eigenvalue weighted by molar-refractivity contribution is 6.33. The first kappa shape index (κ1) is 35.3. The number of hydrogen-bond donors (Lipinski definition) is 3. The second-order valence-electron chi connectivity index (χ2n) is 12.7. The van der Waals surface area contributed by atoms with Crippen molar-refractivity contribution in [3.8, 4) is 11.8 Å².